The van der Waals surface area contributed by atoms with Crippen molar-refractivity contribution in [3.05, 3.63) is 41.5 Å². The van der Waals surface area contributed by atoms with Gasteiger partial charge >= 0.3 is 0 Å². The Labute approximate surface area is 117 Å². The topological polar surface area (TPSA) is 105 Å². The van der Waals surface area contributed by atoms with Gasteiger partial charge in [0.2, 0.25) is 10.0 Å². The molecule has 0 spiro atoms. The summed E-state index contributed by atoms with van der Waals surface area (Å²) in [5, 5.41) is 6.62. The quantitative estimate of drug-likeness (QED) is 0.830. The van der Waals surface area contributed by atoms with Gasteiger partial charge in [-0.15, -0.1) is 0 Å². The summed E-state index contributed by atoms with van der Waals surface area (Å²) in [6, 6.07) is 6.52. The average molecular weight is 295 g/mol. The van der Waals surface area contributed by atoms with Gasteiger partial charge in [0.1, 0.15) is 5.82 Å². The van der Waals surface area contributed by atoms with Gasteiger partial charge in [0.15, 0.2) is 5.82 Å². The summed E-state index contributed by atoms with van der Waals surface area (Å²) in [5.74, 6) is 1.09. The van der Waals surface area contributed by atoms with Crippen LogP contribution in [0.15, 0.2) is 29.2 Å². The predicted octanol–water partition coefficient (Wildman–Crippen LogP) is 0.393. The van der Waals surface area contributed by atoms with Crippen LogP contribution >= 0.6 is 0 Å². The molecule has 0 saturated heterocycles. The van der Waals surface area contributed by atoms with Gasteiger partial charge in [-0.05, 0) is 24.6 Å². The molecule has 0 unspecified atom stereocenters. The van der Waals surface area contributed by atoms with Crippen molar-refractivity contribution in [3.8, 4) is 0 Å². The molecule has 8 heteroatoms. The van der Waals surface area contributed by atoms with Gasteiger partial charge in [-0.2, -0.15) is 9.40 Å². The molecule has 1 aromatic heterocycles. The Kier molecular flexibility index (Phi) is 4.17. The molecule has 108 valence electrons. The third kappa shape index (κ3) is 3.03. The summed E-state index contributed by atoms with van der Waals surface area (Å²) in [4.78, 5) is 4.32. The normalized spacial score (nSPS) is 12.0. The molecule has 0 aliphatic rings. The fraction of sp³-hybridized carbons (Fsp3) is 0.333. The minimum absolute atomic E-state index is 0.116. The van der Waals surface area contributed by atoms with E-state index in [2.05, 4.69) is 15.2 Å². The number of nitrogens with zero attached hydrogens (tertiary/aromatic N) is 3. The summed E-state index contributed by atoms with van der Waals surface area (Å²) < 4.78 is 26.0. The van der Waals surface area contributed by atoms with E-state index in [0.717, 1.165) is 5.56 Å². The minimum Gasteiger partial charge on any atom is -0.326 e. The van der Waals surface area contributed by atoms with Gasteiger partial charge in [-0.1, -0.05) is 12.1 Å². The zero-order valence-corrected chi connectivity index (χ0v) is 12.2. The van der Waals surface area contributed by atoms with Crippen LogP contribution in [0.1, 0.15) is 17.2 Å². The molecule has 0 fully saturated rings. The van der Waals surface area contributed by atoms with Crippen molar-refractivity contribution in [3.63, 3.8) is 0 Å². The SMILES string of the molecule is Cc1nc(CN(C)S(=O)(=O)c2ccc(CN)cc2)n[nH]1. The Morgan fingerprint density at radius 1 is 1.30 bits per heavy atom. The number of H-pyrrole nitrogens is 1. The second kappa shape index (κ2) is 5.70. The van der Waals surface area contributed by atoms with Gasteiger partial charge in [0.25, 0.3) is 0 Å². The van der Waals surface area contributed by atoms with Gasteiger partial charge in [0.05, 0.1) is 11.4 Å². The van der Waals surface area contributed by atoms with Crippen LogP contribution in [0.25, 0.3) is 0 Å². The molecular formula is C12H17N5O2S. The third-order valence-corrected chi connectivity index (χ3v) is 4.69. The number of aromatic amines is 1. The fourth-order valence-electron chi connectivity index (χ4n) is 1.72. The number of hydrogen-bond donors (Lipinski definition) is 2. The standard InChI is InChI=1S/C12H17N5O2S/c1-9-14-12(16-15-9)8-17(2)20(18,19)11-5-3-10(7-13)4-6-11/h3-6H,7-8,13H2,1-2H3,(H,14,15,16). The van der Waals surface area contributed by atoms with E-state index in [0.29, 0.717) is 18.2 Å². The van der Waals surface area contributed by atoms with Gasteiger partial charge in [-0.25, -0.2) is 13.4 Å². The van der Waals surface area contributed by atoms with Crippen molar-refractivity contribution in [2.75, 3.05) is 7.05 Å². The van der Waals surface area contributed by atoms with Crippen molar-refractivity contribution < 1.29 is 8.42 Å². The van der Waals surface area contributed by atoms with Crippen molar-refractivity contribution in [1.82, 2.24) is 19.5 Å². The lowest BCUT2D eigenvalue weighted by Gasteiger charge is -2.15. The van der Waals surface area contributed by atoms with E-state index in [1.54, 1.807) is 31.2 Å². The fourth-order valence-corrected chi connectivity index (χ4v) is 2.85. The van der Waals surface area contributed by atoms with Crippen molar-refractivity contribution in [2.24, 2.45) is 5.73 Å². The first kappa shape index (κ1) is 14.6. The highest BCUT2D eigenvalue weighted by Gasteiger charge is 2.22. The lowest BCUT2D eigenvalue weighted by atomic mass is 10.2. The van der Waals surface area contributed by atoms with Crippen LogP contribution in [0.4, 0.5) is 0 Å². The molecule has 0 aliphatic heterocycles. The summed E-state index contributed by atoms with van der Waals surface area (Å²) in [6.07, 6.45) is 0. The minimum atomic E-state index is -3.55. The Balaban J connectivity index is 2.19. The zero-order chi connectivity index (χ0) is 14.8. The third-order valence-electron chi connectivity index (χ3n) is 2.87. The van der Waals surface area contributed by atoms with Gasteiger partial charge in [-0.3, -0.25) is 5.10 Å². The molecule has 7 nitrogen and oxygen atoms in total. The van der Waals surface area contributed by atoms with Crippen LogP contribution in [0.3, 0.4) is 0 Å². The van der Waals surface area contributed by atoms with Crippen molar-refractivity contribution >= 4 is 10.0 Å². The molecule has 0 bridgehead atoms. The number of rotatable bonds is 5. The molecule has 0 amide bonds. The van der Waals surface area contributed by atoms with E-state index in [4.69, 9.17) is 5.73 Å². The Morgan fingerprint density at radius 3 is 2.45 bits per heavy atom. The smallest absolute Gasteiger partial charge is 0.243 e. The highest BCUT2D eigenvalue weighted by molar-refractivity contribution is 7.89. The number of nitrogens with two attached hydrogens (primary N) is 1. The number of sulfonamides is 1. The molecule has 0 atom stereocenters. The average Bonchev–Trinajstić information content (AvgIpc) is 2.84. The number of hydrogen-bond acceptors (Lipinski definition) is 5. The van der Waals surface area contributed by atoms with Crippen LogP contribution in [0, 0.1) is 6.92 Å². The number of aryl methyl sites for hydroxylation is 1. The first-order chi connectivity index (χ1) is 9.43. The molecule has 0 saturated carbocycles. The predicted molar refractivity (Wildman–Crippen MR) is 74.1 cm³/mol. The van der Waals surface area contributed by atoms with E-state index >= 15 is 0 Å². The Bertz CT molecular complexity index is 678. The van der Waals surface area contributed by atoms with Gasteiger partial charge < -0.3 is 5.73 Å². The summed E-state index contributed by atoms with van der Waals surface area (Å²) in [6.45, 7) is 2.26. The largest absolute Gasteiger partial charge is 0.326 e. The molecule has 1 aromatic carbocycles. The molecular weight excluding hydrogens is 278 g/mol. The molecule has 3 N–H and O–H groups in total. The highest BCUT2D eigenvalue weighted by atomic mass is 32.2. The second-order valence-electron chi connectivity index (χ2n) is 4.45. The van der Waals surface area contributed by atoms with E-state index in [1.807, 2.05) is 0 Å². The lowest BCUT2D eigenvalue weighted by molar-refractivity contribution is 0.457. The molecule has 0 radical (unpaired) electrons. The summed E-state index contributed by atoms with van der Waals surface area (Å²) in [5.41, 5.74) is 6.38. The first-order valence-corrected chi connectivity index (χ1v) is 7.50. The Hall–Kier alpha value is -1.77. The molecule has 1 heterocycles. The number of aromatic nitrogens is 3. The zero-order valence-electron chi connectivity index (χ0n) is 11.4. The second-order valence-corrected chi connectivity index (χ2v) is 6.49. The van der Waals surface area contributed by atoms with Crippen LogP contribution < -0.4 is 5.73 Å². The van der Waals surface area contributed by atoms with Crippen LogP contribution in [-0.2, 0) is 23.1 Å². The molecule has 20 heavy (non-hydrogen) atoms. The van der Waals surface area contributed by atoms with Crippen molar-refractivity contribution in [1.29, 1.82) is 0 Å². The first-order valence-electron chi connectivity index (χ1n) is 6.06. The maximum absolute atomic E-state index is 12.4. The molecule has 2 aromatic rings. The van der Waals surface area contributed by atoms with Crippen LogP contribution in [0.2, 0.25) is 0 Å². The number of benzene rings is 1. The monoisotopic (exact) mass is 295 g/mol. The summed E-state index contributed by atoms with van der Waals surface area (Å²) in [7, 11) is -2.06. The maximum atomic E-state index is 12.4. The van der Waals surface area contributed by atoms with Crippen LogP contribution in [0.5, 0.6) is 0 Å². The van der Waals surface area contributed by atoms with E-state index in [1.165, 1.54) is 11.4 Å². The number of nitrogens with one attached hydrogen (secondary N) is 1. The lowest BCUT2D eigenvalue weighted by Crippen LogP contribution is -2.27. The molecule has 2 rings (SSSR count). The van der Waals surface area contributed by atoms with E-state index < -0.39 is 10.0 Å². The van der Waals surface area contributed by atoms with Gasteiger partial charge in [0, 0.05) is 13.6 Å². The maximum Gasteiger partial charge on any atom is 0.243 e. The highest BCUT2D eigenvalue weighted by Crippen LogP contribution is 2.16. The van der Waals surface area contributed by atoms with Crippen LogP contribution in [-0.4, -0.2) is 35.0 Å². The van der Waals surface area contributed by atoms with Crippen molar-refractivity contribution in [2.45, 2.75) is 24.9 Å². The summed E-state index contributed by atoms with van der Waals surface area (Å²) >= 11 is 0. The van der Waals surface area contributed by atoms with E-state index in [-0.39, 0.29) is 11.4 Å². The Morgan fingerprint density at radius 2 is 1.95 bits per heavy atom. The molecule has 0 aliphatic carbocycles. The van der Waals surface area contributed by atoms with E-state index in [9.17, 15) is 8.42 Å².